The molecular weight excluding hydrogens is 270 g/mol. The monoisotopic (exact) mass is 285 g/mol. The molecule has 0 aliphatic heterocycles. The van der Waals surface area contributed by atoms with Crippen LogP contribution in [0.2, 0.25) is 0 Å². The normalized spacial score (nSPS) is 10.9. The molecule has 4 nitrogen and oxygen atoms in total. The van der Waals surface area contributed by atoms with Crippen LogP contribution in [0.15, 0.2) is 59.7 Å². The van der Waals surface area contributed by atoms with Crippen LogP contribution in [0.3, 0.4) is 0 Å². The summed E-state index contributed by atoms with van der Waals surface area (Å²) in [6, 6.07) is 16.5. The van der Waals surface area contributed by atoms with Gasteiger partial charge in [-0.15, -0.1) is 0 Å². The molecule has 3 N–H and O–H groups in total. The van der Waals surface area contributed by atoms with Crippen LogP contribution in [-0.4, -0.2) is 15.9 Å². The maximum absolute atomic E-state index is 9.42. The zero-order valence-electron chi connectivity index (χ0n) is 11.0. The number of nitrogens with zero attached hydrogens (tertiary/aromatic N) is 1. The van der Waals surface area contributed by atoms with E-state index in [1.54, 1.807) is 18.2 Å². The number of aromatic hydroxyl groups is 1. The summed E-state index contributed by atoms with van der Waals surface area (Å²) in [6.07, 6.45) is 0. The summed E-state index contributed by atoms with van der Waals surface area (Å²) < 4.78 is 0. The van der Waals surface area contributed by atoms with Crippen molar-refractivity contribution in [2.45, 2.75) is 6.92 Å². The fourth-order valence-electron chi connectivity index (χ4n) is 1.61. The van der Waals surface area contributed by atoms with Crippen molar-refractivity contribution in [3.63, 3.8) is 0 Å². The SMILES string of the molecule is C/C(=N/NC(=S)Nc1ccccc1)c1cccc(O)c1. The number of phenolic OH excluding ortho intramolecular Hbond substituents is 1. The van der Waals surface area contributed by atoms with Gasteiger partial charge in [0.1, 0.15) is 5.75 Å². The first kappa shape index (κ1) is 14.0. The first-order chi connectivity index (χ1) is 9.65. The van der Waals surface area contributed by atoms with Gasteiger partial charge in [-0.2, -0.15) is 5.10 Å². The van der Waals surface area contributed by atoms with E-state index in [9.17, 15) is 5.11 Å². The average molecular weight is 285 g/mol. The summed E-state index contributed by atoms with van der Waals surface area (Å²) in [5.74, 6) is 0.210. The number of hydrogen-bond acceptors (Lipinski definition) is 3. The van der Waals surface area contributed by atoms with Crippen molar-refractivity contribution >= 4 is 28.7 Å². The van der Waals surface area contributed by atoms with Gasteiger partial charge in [-0.1, -0.05) is 30.3 Å². The van der Waals surface area contributed by atoms with Crippen molar-refractivity contribution in [2.24, 2.45) is 5.10 Å². The van der Waals surface area contributed by atoms with Gasteiger partial charge < -0.3 is 10.4 Å². The molecule has 20 heavy (non-hydrogen) atoms. The number of phenols is 1. The highest BCUT2D eigenvalue weighted by Crippen LogP contribution is 2.11. The maximum atomic E-state index is 9.42. The Kier molecular flexibility index (Phi) is 4.68. The standard InChI is InChI=1S/C15H15N3OS/c1-11(12-6-5-9-14(19)10-12)17-18-15(20)16-13-7-3-2-4-8-13/h2-10,19H,1H3,(H2,16,18,20)/b17-11-. The average Bonchev–Trinajstić information content (AvgIpc) is 2.46. The lowest BCUT2D eigenvalue weighted by Gasteiger charge is -2.08. The molecule has 0 heterocycles. The quantitative estimate of drug-likeness (QED) is 0.461. The van der Waals surface area contributed by atoms with Gasteiger partial charge in [0.05, 0.1) is 5.71 Å². The van der Waals surface area contributed by atoms with Crippen LogP contribution in [0.4, 0.5) is 5.69 Å². The van der Waals surface area contributed by atoms with E-state index in [-0.39, 0.29) is 5.75 Å². The van der Waals surface area contributed by atoms with Gasteiger partial charge >= 0.3 is 0 Å². The third kappa shape index (κ3) is 4.07. The molecular formula is C15H15N3OS. The van der Waals surface area contributed by atoms with Gasteiger partial charge in [0.2, 0.25) is 0 Å². The van der Waals surface area contributed by atoms with Crippen molar-refractivity contribution in [1.29, 1.82) is 0 Å². The van der Waals surface area contributed by atoms with Crippen molar-refractivity contribution in [3.8, 4) is 5.75 Å². The first-order valence-corrected chi connectivity index (χ1v) is 6.52. The lowest BCUT2D eigenvalue weighted by molar-refractivity contribution is 0.475. The van der Waals surface area contributed by atoms with Crippen LogP contribution in [0.25, 0.3) is 0 Å². The maximum Gasteiger partial charge on any atom is 0.191 e. The second-order valence-electron chi connectivity index (χ2n) is 4.18. The highest BCUT2D eigenvalue weighted by atomic mass is 32.1. The zero-order chi connectivity index (χ0) is 14.4. The molecule has 0 bridgehead atoms. The van der Waals surface area contributed by atoms with Crippen LogP contribution in [-0.2, 0) is 0 Å². The summed E-state index contributed by atoms with van der Waals surface area (Å²) in [5.41, 5.74) is 5.24. The number of rotatable bonds is 3. The third-order valence-electron chi connectivity index (χ3n) is 2.62. The Morgan fingerprint density at radius 1 is 1.10 bits per heavy atom. The number of anilines is 1. The number of benzene rings is 2. The lowest BCUT2D eigenvalue weighted by atomic mass is 10.1. The predicted octanol–water partition coefficient (Wildman–Crippen LogP) is 3.10. The van der Waals surface area contributed by atoms with Crippen LogP contribution < -0.4 is 10.7 Å². The molecule has 0 radical (unpaired) electrons. The van der Waals surface area contributed by atoms with E-state index in [4.69, 9.17) is 12.2 Å². The van der Waals surface area contributed by atoms with Crippen molar-refractivity contribution < 1.29 is 5.11 Å². The second-order valence-corrected chi connectivity index (χ2v) is 4.59. The Labute approximate surface area is 123 Å². The minimum absolute atomic E-state index is 0.210. The minimum atomic E-state index is 0.210. The highest BCUT2D eigenvalue weighted by Gasteiger charge is 2.00. The van der Waals surface area contributed by atoms with E-state index in [2.05, 4.69) is 15.8 Å². The lowest BCUT2D eigenvalue weighted by Crippen LogP contribution is -2.24. The van der Waals surface area contributed by atoms with Crippen molar-refractivity contribution in [1.82, 2.24) is 5.43 Å². The molecule has 2 aromatic carbocycles. The fourth-order valence-corrected chi connectivity index (χ4v) is 1.77. The number of thiocarbonyl (C=S) groups is 1. The summed E-state index contributed by atoms with van der Waals surface area (Å²) in [4.78, 5) is 0. The van der Waals surface area contributed by atoms with Crippen LogP contribution in [0.1, 0.15) is 12.5 Å². The Morgan fingerprint density at radius 2 is 1.85 bits per heavy atom. The van der Waals surface area contributed by atoms with Crippen LogP contribution in [0.5, 0.6) is 5.75 Å². The molecule has 0 fully saturated rings. The van der Waals surface area contributed by atoms with E-state index in [0.29, 0.717) is 5.11 Å². The minimum Gasteiger partial charge on any atom is -0.508 e. The number of para-hydroxylation sites is 1. The molecule has 0 atom stereocenters. The molecule has 5 heteroatoms. The van der Waals surface area contributed by atoms with E-state index in [1.165, 1.54) is 0 Å². The molecule has 0 aromatic heterocycles. The Balaban J connectivity index is 1.97. The molecule has 2 rings (SSSR count). The largest absolute Gasteiger partial charge is 0.508 e. The Bertz CT molecular complexity index is 626. The second kappa shape index (κ2) is 6.68. The number of hydrogen-bond donors (Lipinski definition) is 3. The summed E-state index contributed by atoms with van der Waals surface area (Å²) in [7, 11) is 0. The Hall–Kier alpha value is -2.40. The van der Waals surface area contributed by atoms with Gasteiger partial charge in [-0.3, -0.25) is 5.43 Å². The highest BCUT2D eigenvalue weighted by molar-refractivity contribution is 7.80. The van der Waals surface area contributed by atoms with Crippen LogP contribution >= 0.6 is 12.2 Å². The summed E-state index contributed by atoms with van der Waals surface area (Å²) in [5, 5.41) is 17.0. The van der Waals surface area contributed by atoms with Gasteiger partial charge in [0.25, 0.3) is 0 Å². The topological polar surface area (TPSA) is 56.7 Å². The zero-order valence-corrected chi connectivity index (χ0v) is 11.8. The molecule has 0 spiro atoms. The number of hydrazone groups is 1. The molecule has 0 aliphatic carbocycles. The summed E-state index contributed by atoms with van der Waals surface area (Å²) >= 11 is 5.15. The van der Waals surface area contributed by atoms with E-state index in [0.717, 1.165) is 17.0 Å². The van der Waals surface area contributed by atoms with Crippen molar-refractivity contribution in [3.05, 3.63) is 60.2 Å². The van der Waals surface area contributed by atoms with Crippen LogP contribution in [0, 0.1) is 0 Å². The van der Waals surface area contributed by atoms with Gasteiger partial charge in [0, 0.05) is 11.3 Å². The van der Waals surface area contributed by atoms with E-state index < -0.39 is 0 Å². The van der Waals surface area contributed by atoms with Crippen molar-refractivity contribution in [2.75, 3.05) is 5.32 Å². The molecule has 0 unspecified atom stereocenters. The van der Waals surface area contributed by atoms with Gasteiger partial charge in [0.15, 0.2) is 5.11 Å². The smallest absolute Gasteiger partial charge is 0.191 e. The fraction of sp³-hybridized carbons (Fsp3) is 0.0667. The predicted molar refractivity (Wildman–Crippen MR) is 86.1 cm³/mol. The van der Waals surface area contributed by atoms with Gasteiger partial charge in [-0.25, -0.2) is 0 Å². The number of nitrogens with one attached hydrogen (secondary N) is 2. The molecule has 0 saturated carbocycles. The molecule has 102 valence electrons. The van der Waals surface area contributed by atoms with E-state index >= 15 is 0 Å². The Morgan fingerprint density at radius 3 is 2.55 bits per heavy atom. The molecule has 2 aromatic rings. The molecule has 0 aliphatic rings. The first-order valence-electron chi connectivity index (χ1n) is 6.11. The molecule has 0 amide bonds. The summed E-state index contributed by atoms with van der Waals surface area (Å²) in [6.45, 7) is 1.84. The molecule has 0 saturated heterocycles. The third-order valence-corrected chi connectivity index (χ3v) is 2.81. The van der Waals surface area contributed by atoms with Gasteiger partial charge in [-0.05, 0) is 43.4 Å². The van der Waals surface area contributed by atoms with E-state index in [1.807, 2.05) is 43.3 Å².